The lowest BCUT2D eigenvalue weighted by Crippen LogP contribution is -2.38. The number of hydrogen-bond donors (Lipinski definition) is 3. The molecule has 0 fully saturated rings. The van der Waals surface area contributed by atoms with Gasteiger partial charge >= 0.3 is 0 Å². The fraction of sp³-hybridized carbons (Fsp3) is 0.381. The molecule has 2 aromatic carbocycles. The second kappa shape index (κ2) is 12.6. The quantitative estimate of drug-likeness (QED) is 0.294. The molecule has 0 aliphatic carbocycles. The molecule has 7 heteroatoms. The summed E-state index contributed by atoms with van der Waals surface area (Å²) in [5.74, 6) is 0.395. The molecular weight excluding hydrogens is 470 g/mol. The van der Waals surface area contributed by atoms with Gasteiger partial charge in [-0.25, -0.2) is 9.38 Å². The standard InChI is InChI=1S/C21H29FN4O.HI/c1-4-23-21(24-13-12-20(27)17-8-6-5-7-9-17)25-15-16-10-11-19(26(2)3)18(22)14-16;/h5-11,14,20,27H,4,12-13,15H2,1-3H3,(H2,23,24,25);1H. The van der Waals surface area contributed by atoms with Crippen LogP contribution in [0.15, 0.2) is 53.5 Å². The van der Waals surface area contributed by atoms with E-state index in [2.05, 4.69) is 15.6 Å². The minimum atomic E-state index is -0.519. The number of nitrogens with one attached hydrogen (secondary N) is 2. The highest BCUT2D eigenvalue weighted by atomic mass is 127. The lowest BCUT2D eigenvalue weighted by Gasteiger charge is -2.15. The van der Waals surface area contributed by atoms with Gasteiger partial charge in [-0.3, -0.25) is 0 Å². The van der Waals surface area contributed by atoms with Crippen LogP contribution in [-0.4, -0.2) is 38.3 Å². The molecule has 1 unspecified atom stereocenters. The minimum Gasteiger partial charge on any atom is -0.388 e. The first-order chi connectivity index (χ1) is 13.0. The summed E-state index contributed by atoms with van der Waals surface area (Å²) in [4.78, 5) is 6.24. The molecule has 0 bridgehead atoms. The van der Waals surface area contributed by atoms with E-state index in [1.807, 2.05) is 57.4 Å². The van der Waals surface area contributed by atoms with Gasteiger partial charge in [-0.15, -0.1) is 24.0 Å². The lowest BCUT2D eigenvalue weighted by atomic mass is 10.1. The fourth-order valence-corrected chi connectivity index (χ4v) is 2.69. The van der Waals surface area contributed by atoms with Gasteiger partial charge in [0, 0.05) is 27.2 Å². The third-order valence-electron chi connectivity index (χ3n) is 4.15. The van der Waals surface area contributed by atoms with E-state index < -0.39 is 6.10 Å². The summed E-state index contributed by atoms with van der Waals surface area (Å²) >= 11 is 0. The molecule has 0 aromatic heterocycles. The van der Waals surface area contributed by atoms with Crippen LogP contribution in [0.25, 0.3) is 0 Å². The first kappa shape index (κ1) is 24.2. The van der Waals surface area contributed by atoms with E-state index in [0.717, 1.165) is 17.7 Å². The summed E-state index contributed by atoms with van der Waals surface area (Å²) in [5.41, 5.74) is 2.26. The van der Waals surface area contributed by atoms with Crippen LogP contribution in [0.3, 0.4) is 0 Å². The molecule has 2 aromatic rings. The van der Waals surface area contributed by atoms with Crippen LogP contribution in [0.1, 0.15) is 30.6 Å². The van der Waals surface area contributed by atoms with E-state index in [4.69, 9.17) is 0 Å². The number of aliphatic hydroxyl groups is 1. The number of hydrogen-bond acceptors (Lipinski definition) is 3. The van der Waals surface area contributed by atoms with Gasteiger partial charge < -0.3 is 20.6 Å². The number of benzene rings is 2. The number of aliphatic hydroxyl groups excluding tert-OH is 1. The molecule has 154 valence electrons. The van der Waals surface area contributed by atoms with Gasteiger partial charge in [-0.1, -0.05) is 36.4 Å². The van der Waals surface area contributed by atoms with Crippen molar-refractivity contribution < 1.29 is 9.50 Å². The highest BCUT2D eigenvalue weighted by Gasteiger charge is 2.08. The van der Waals surface area contributed by atoms with Gasteiger partial charge in [-0.2, -0.15) is 0 Å². The van der Waals surface area contributed by atoms with Crippen molar-refractivity contribution in [1.29, 1.82) is 0 Å². The average Bonchev–Trinajstić information content (AvgIpc) is 2.66. The van der Waals surface area contributed by atoms with Crippen molar-refractivity contribution in [3.8, 4) is 0 Å². The van der Waals surface area contributed by atoms with Crippen LogP contribution in [0.4, 0.5) is 10.1 Å². The number of anilines is 1. The Morgan fingerprint density at radius 3 is 2.46 bits per heavy atom. The van der Waals surface area contributed by atoms with Crippen LogP contribution < -0.4 is 15.5 Å². The monoisotopic (exact) mass is 500 g/mol. The Morgan fingerprint density at radius 2 is 1.86 bits per heavy atom. The minimum absolute atomic E-state index is 0. The molecule has 1 atom stereocenters. The topological polar surface area (TPSA) is 59.9 Å². The maximum Gasteiger partial charge on any atom is 0.191 e. The summed E-state index contributed by atoms with van der Waals surface area (Å²) in [7, 11) is 3.63. The van der Waals surface area contributed by atoms with Gasteiger partial charge in [0.1, 0.15) is 5.82 Å². The van der Waals surface area contributed by atoms with Crippen molar-refractivity contribution in [1.82, 2.24) is 10.6 Å². The zero-order chi connectivity index (χ0) is 19.6. The van der Waals surface area contributed by atoms with E-state index in [9.17, 15) is 9.50 Å². The summed E-state index contributed by atoms with van der Waals surface area (Å²) in [6.45, 7) is 3.67. The second-order valence-electron chi connectivity index (χ2n) is 6.52. The Morgan fingerprint density at radius 1 is 1.14 bits per heavy atom. The first-order valence-corrected chi connectivity index (χ1v) is 9.22. The van der Waals surface area contributed by atoms with Gasteiger partial charge in [0.05, 0.1) is 18.3 Å². The van der Waals surface area contributed by atoms with Gasteiger partial charge in [-0.05, 0) is 36.6 Å². The molecule has 3 N–H and O–H groups in total. The SMILES string of the molecule is CCNC(=NCc1ccc(N(C)C)c(F)c1)NCCC(O)c1ccccc1.I. The van der Waals surface area contributed by atoms with Crippen molar-refractivity contribution >= 4 is 35.6 Å². The van der Waals surface area contributed by atoms with E-state index in [-0.39, 0.29) is 29.8 Å². The van der Waals surface area contributed by atoms with E-state index in [0.29, 0.717) is 31.2 Å². The van der Waals surface area contributed by atoms with Crippen LogP contribution in [0.2, 0.25) is 0 Å². The fourth-order valence-electron chi connectivity index (χ4n) is 2.69. The molecule has 0 aliphatic heterocycles. The van der Waals surface area contributed by atoms with Crippen LogP contribution >= 0.6 is 24.0 Å². The molecule has 0 heterocycles. The van der Waals surface area contributed by atoms with Crippen molar-refractivity contribution in [3.05, 3.63) is 65.5 Å². The smallest absolute Gasteiger partial charge is 0.191 e. The Hall–Kier alpha value is -1.87. The van der Waals surface area contributed by atoms with Gasteiger partial charge in [0.25, 0.3) is 0 Å². The summed E-state index contributed by atoms with van der Waals surface area (Å²) in [6.07, 6.45) is 0.0508. The summed E-state index contributed by atoms with van der Waals surface area (Å²) in [6, 6.07) is 14.7. The molecule has 0 aliphatic rings. The Labute approximate surface area is 184 Å². The van der Waals surface area contributed by atoms with Gasteiger partial charge in [0.15, 0.2) is 5.96 Å². The summed E-state index contributed by atoms with van der Waals surface area (Å²) in [5, 5.41) is 16.6. The van der Waals surface area contributed by atoms with E-state index in [1.54, 1.807) is 11.0 Å². The molecule has 28 heavy (non-hydrogen) atoms. The Balaban J connectivity index is 0.00000392. The predicted molar refractivity (Wildman–Crippen MR) is 125 cm³/mol. The number of halogens is 2. The third-order valence-corrected chi connectivity index (χ3v) is 4.15. The van der Waals surface area contributed by atoms with E-state index >= 15 is 0 Å². The largest absolute Gasteiger partial charge is 0.388 e. The Bertz CT molecular complexity index is 740. The predicted octanol–water partition coefficient (Wildman–Crippen LogP) is 3.69. The number of rotatable bonds is 8. The molecule has 0 saturated carbocycles. The zero-order valence-electron chi connectivity index (χ0n) is 16.7. The molecule has 2 rings (SSSR count). The summed E-state index contributed by atoms with van der Waals surface area (Å²) < 4.78 is 14.1. The molecule has 0 radical (unpaired) electrons. The van der Waals surface area contributed by atoms with Crippen LogP contribution in [0, 0.1) is 5.82 Å². The number of nitrogens with zero attached hydrogens (tertiary/aromatic N) is 2. The maximum absolute atomic E-state index is 14.1. The highest BCUT2D eigenvalue weighted by Crippen LogP contribution is 2.18. The highest BCUT2D eigenvalue weighted by molar-refractivity contribution is 14.0. The average molecular weight is 500 g/mol. The second-order valence-corrected chi connectivity index (χ2v) is 6.52. The lowest BCUT2D eigenvalue weighted by molar-refractivity contribution is 0.168. The van der Waals surface area contributed by atoms with Gasteiger partial charge in [0.2, 0.25) is 0 Å². The van der Waals surface area contributed by atoms with E-state index in [1.165, 1.54) is 6.07 Å². The van der Waals surface area contributed by atoms with Crippen molar-refractivity contribution in [2.24, 2.45) is 4.99 Å². The maximum atomic E-state index is 14.1. The third kappa shape index (κ3) is 7.63. The normalized spacial score (nSPS) is 12.1. The molecule has 0 spiro atoms. The zero-order valence-corrected chi connectivity index (χ0v) is 19.0. The Kier molecular flexibility index (Phi) is 10.8. The first-order valence-electron chi connectivity index (χ1n) is 9.22. The number of guanidine groups is 1. The van der Waals surface area contributed by atoms with Crippen molar-refractivity contribution in [2.75, 3.05) is 32.1 Å². The van der Waals surface area contributed by atoms with Crippen molar-refractivity contribution in [2.45, 2.75) is 26.0 Å². The molecular formula is C21H30FIN4O. The van der Waals surface area contributed by atoms with Crippen LogP contribution in [-0.2, 0) is 6.54 Å². The number of aliphatic imine (C=N–C) groups is 1. The van der Waals surface area contributed by atoms with Crippen molar-refractivity contribution in [3.63, 3.8) is 0 Å². The molecule has 0 amide bonds. The van der Waals surface area contributed by atoms with Crippen LogP contribution in [0.5, 0.6) is 0 Å². The molecule has 0 saturated heterocycles. The molecule has 5 nitrogen and oxygen atoms in total.